The van der Waals surface area contributed by atoms with Crippen LogP contribution in [0.15, 0.2) is 425 Å². The summed E-state index contributed by atoms with van der Waals surface area (Å²) < 4.78 is 45.7. The van der Waals surface area contributed by atoms with Crippen LogP contribution in [0.3, 0.4) is 0 Å². The zero-order valence-corrected chi connectivity index (χ0v) is 107. The van der Waals surface area contributed by atoms with Crippen molar-refractivity contribution in [3.63, 3.8) is 0 Å². The standard InChI is InChI=1S/7C12H10.4C2H7OP.3CH5O2P.5CH3O2P.18Ar/c7*1-3-7-11(8-4-1)12-9-5-2-6-10-12;12*1-4(2)3;;;;;;;;;;;;;;;;;;/h7*1-10H;4*3H,1-2H3;3*2-3H,1H3;5*1H3;;;;;;;;;;;;;;;;;;/p+5. The van der Waals surface area contributed by atoms with Crippen molar-refractivity contribution >= 4 is 97.9 Å². The maximum Gasteiger partial charge on any atom is 0.502 e. The summed E-state index contributed by atoms with van der Waals surface area (Å²) in [6.07, 6.45) is 0. The van der Waals surface area contributed by atoms with Crippen LogP contribution in [-0.4, -0.2) is 180 Å². The molecule has 0 spiro atoms. The molecule has 14 rings (SSSR count). The maximum absolute atomic E-state index is 9.15. The molecule has 0 heterocycles. The molecule has 5 atom stereocenters. The largest absolute Gasteiger partial charge is 0.502 e. The molecule has 0 aromatic heterocycles. The molecule has 150 heavy (non-hydrogen) atoms. The minimum absolute atomic E-state index is 0. The van der Waals surface area contributed by atoms with Crippen LogP contribution < -0.4 is 0 Å². The summed E-state index contributed by atoms with van der Waals surface area (Å²) in [4.78, 5) is 116. The van der Waals surface area contributed by atoms with Crippen molar-refractivity contribution in [2.24, 2.45) is 0 Å². The van der Waals surface area contributed by atoms with E-state index in [9.17, 15) is 0 Å². The second-order valence-corrected chi connectivity index (χ2v) is 40.7. The number of rotatable bonds is 7. The van der Waals surface area contributed by atoms with Crippen LogP contribution in [0.5, 0.6) is 0 Å². The Kier molecular flexibility index (Phi) is 240. The van der Waals surface area contributed by atoms with Gasteiger partial charge in [0.15, 0.2) is 58.5 Å². The Labute approximate surface area is 1450 Å². The van der Waals surface area contributed by atoms with E-state index in [2.05, 4.69) is 340 Å². The van der Waals surface area contributed by atoms with Crippen LogP contribution in [0.2, 0.25) is 0 Å². The third-order valence-corrected chi connectivity index (χ3v) is 13.2. The average molecular weight is 2750 g/mol. The van der Waals surface area contributed by atoms with Gasteiger partial charge in [0.05, 0.1) is 0 Å². The van der Waals surface area contributed by atoms with Gasteiger partial charge in [-0.15, -0.1) is 0 Å². The van der Waals surface area contributed by atoms with E-state index in [1.807, 2.05) is 84.9 Å². The van der Waals surface area contributed by atoms with Gasteiger partial charge in [0.2, 0.25) is 0 Å². The zero-order chi connectivity index (χ0) is 101. The molecular formula is C100H133Ar18O20P12+5. The Bertz CT molecular complexity index is 3810. The van der Waals surface area contributed by atoms with Crippen molar-refractivity contribution in [1.29, 1.82) is 0 Å². The molecule has 852 valence electrons. The van der Waals surface area contributed by atoms with Gasteiger partial charge in [-0.05, 0) is 154 Å². The van der Waals surface area contributed by atoms with Gasteiger partial charge in [-0.1, -0.05) is 425 Å². The predicted molar refractivity (Wildman–Crippen MR) is 578 cm³/mol. The van der Waals surface area contributed by atoms with Gasteiger partial charge in [-0.2, -0.15) is 24.5 Å². The minimum Gasteiger partial charge on any atom is -0.374 e. The van der Waals surface area contributed by atoms with Gasteiger partial charge in [0, 0.05) is 732 Å². The van der Waals surface area contributed by atoms with Gasteiger partial charge < -0.3 is 48.9 Å². The first-order valence-corrected chi connectivity index (χ1v) is 61.7. The number of hydrogen-bond donors (Lipinski definition) is 15. The molecule has 15 N–H and O–H groups in total. The normalized spacial score (nSPS) is 8.56. The quantitative estimate of drug-likeness (QED) is 0.0659. The zero-order valence-electron chi connectivity index (χ0n) is 83.9. The number of benzene rings is 14. The third-order valence-electron chi connectivity index (χ3n) is 13.2. The fraction of sp³-hybridized carbons (Fsp3) is 0.160. The SMILES string of the molecule is CP(C)O.CP(C)O.CP(C)O.CP(C)O.CP(O)O.CP(O)O.CP(O)O.C[P+](=O)O.C[P+](=O)O.C[P+](=O)O.C[P+](=O)O.C[P+](=O)O.[Ar].[Ar].[Ar].[Ar].[Ar].[Ar].[Ar].[Ar].[Ar].[Ar].[Ar].[Ar].[Ar].[Ar].[Ar].[Ar].[Ar].[Ar].c1ccc(-c2ccccc2)cc1.c1ccc(-c2ccccc2)cc1.c1ccc(-c2ccccc2)cc1.c1ccc(-c2ccccc2)cc1.c1ccc(-c2ccccc2)cc1.c1ccc(-c2ccccc2)cc1.c1ccc(-c2ccccc2)cc1. The first-order valence-electron chi connectivity index (χ1n) is 39.6. The van der Waals surface area contributed by atoms with Crippen LogP contribution in [0.1, 0.15) is 0 Å². The van der Waals surface area contributed by atoms with Gasteiger partial charge in [0.25, 0.3) is 0 Å². The van der Waals surface area contributed by atoms with Crippen LogP contribution in [0, 0.1) is 679 Å². The molecule has 20 nitrogen and oxygen atoms in total. The minimum atomic E-state index is -1.87. The van der Waals surface area contributed by atoms with Gasteiger partial charge in [-0.25, -0.2) is 0 Å². The topological polar surface area (TPSA) is 389 Å². The summed E-state index contributed by atoms with van der Waals surface area (Å²) in [7, 11) is -16.7. The summed E-state index contributed by atoms with van der Waals surface area (Å²) in [6, 6.07) is 145. The molecule has 0 bridgehead atoms. The molecular weight excluding hydrogens is 2610 g/mol. The smallest absolute Gasteiger partial charge is 0.374 e. The summed E-state index contributed by atoms with van der Waals surface area (Å²) >= 11 is 0. The van der Waals surface area contributed by atoms with E-state index in [4.69, 9.17) is 96.2 Å². The van der Waals surface area contributed by atoms with E-state index in [1.54, 1.807) is 53.3 Å². The van der Waals surface area contributed by atoms with Crippen LogP contribution >= 0.6 is 97.9 Å². The molecule has 5 unspecified atom stereocenters. The van der Waals surface area contributed by atoms with Crippen molar-refractivity contribution in [1.82, 2.24) is 0 Å². The van der Waals surface area contributed by atoms with Gasteiger partial charge in [-0.3, -0.25) is 0 Å². The predicted octanol–water partition coefficient (Wildman–Crippen LogP) is 27.5. The van der Waals surface area contributed by atoms with E-state index in [1.165, 1.54) is 131 Å². The first kappa shape index (κ1) is 220. The second kappa shape index (κ2) is 164. The maximum atomic E-state index is 9.15. The molecule has 0 fully saturated rings. The molecule has 14 aromatic carbocycles. The molecule has 0 radical (unpaired) electrons. The van der Waals surface area contributed by atoms with Crippen LogP contribution in [0.25, 0.3) is 77.9 Å². The van der Waals surface area contributed by atoms with Crippen molar-refractivity contribution in [2.75, 3.05) is 107 Å². The van der Waals surface area contributed by atoms with E-state index < -0.39 is 97.9 Å². The summed E-state index contributed by atoms with van der Waals surface area (Å²) in [5, 5.41) is 0. The average Bonchev–Trinajstić information content (AvgIpc) is 0.924. The fourth-order valence-electron chi connectivity index (χ4n) is 8.83. The van der Waals surface area contributed by atoms with E-state index >= 15 is 0 Å². The molecule has 0 aliphatic carbocycles. The fourth-order valence-corrected chi connectivity index (χ4v) is 8.83. The molecule has 50 heteroatoms. The van der Waals surface area contributed by atoms with E-state index in [0.717, 1.165) is 0 Å². The Morgan fingerprint density at radius 1 is 0.127 bits per heavy atom. The van der Waals surface area contributed by atoms with Crippen molar-refractivity contribution in [2.45, 2.75) is 0 Å². The molecule has 0 saturated carbocycles. The second-order valence-electron chi connectivity index (χ2n) is 26.3. The third kappa shape index (κ3) is 178. The van der Waals surface area contributed by atoms with E-state index in [0.29, 0.717) is 0 Å². The molecule has 0 aliphatic heterocycles. The van der Waals surface area contributed by atoms with Crippen molar-refractivity contribution in [3.8, 4) is 77.9 Å². The summed E-state index contributed by atoms with van der Waals surface area (Å²) in [5.74, 6) is 0. The first-order chi connectivity index (χ1) is 62.5. The van der Waals surface area contributed by atoms with Crippen molar-refractivity contribution < 1.29 is 776 Å². The Balaban J connectivity index is -0.0000000548. The Morgan fingerprint density at radius 3 is 0.180 bits per heavy atom. The number of hydrogen-bond acceptors (Lipinski definition) is 15. The Morgan fingerprint density at radius 2 is 0.153 bits per heavy atom. The molecule has 0 amide bonds. The molecule has 14 aromatic rings. The van der Waals surface area contributed by atoms with E-state index in [-0.39, 0.29) is 679 Å². The Hall–Kier alpha value is 14.7. The van der Waals surface area contributed by atoms with Gasteiger partial charge in [0.1, 0.15) is 0 Å². The molecule has 0 saturated heterocycles. The van der Waals surface area contributed by atoms with Crippen molar-refractivity contribution in [3.05, 3.63) is 425 Å². The summed E-state index contributed by atoms with van der Waals surface area (Å²) in [5.41, 5.74) is 17.9. The van der Waals surface area contributed by atoms with Crippen LogP contribution in [0.4, 0.5) is 0 Å². The monoisotopic (exact) mass is 2740 g/mol. The summed E-state index contributed by atoms with van der Waals surface area (Å²) in [6.45, 7) is 24.5. The molecule has 0 aliphatic rings. The van der Waals surface area contributed by atoms with Crippen LogP contribution in [-0.2, 0) is 22.8 Å². The van der Waals surface area contributed by atoms with Gasteiger partial charge >= 0.3 is 40.1 Å².